The second-order valence-corrected chi connectivity index (χ2v) is 1.26. The Kier molecular flexibility index (Phi) is 2.46. The summed E-state index contributed by atoms with van der Waals surface area (Å²) in [5, 5.41) is 15.5. The molecule has 0 aliphatic heterocycles. The third-order valence-electron chi connectivity index (χ3n) is 0.292. The first-order valence-corrected chi connectivity index (χ1v) is 1.86. The molecule has 0 spiro atoms. The van der Waals surface area contributed by atoms with Crippen LogP contribution in [-0.4, -0.2) is 24.1 Å². The molecule has 0 saturated carbocycles. The van der Waals surface area contributed by atoms with Gasteiger partial charge in [0.05, 0.1) is 5.03 Å². The van der Waals surface area contributed by atoms with Crippen molar-refractivity contribution in [2.45, 2.75) is 0 Å². The Balaban J connectivity index is 3.50. The maximum atomic E-state index is 9.42. The highest BCUT2D eigenvalue weighted by atomic mass is 16.7. The molecule has 0 aromatic heterocycles. The van der Waals surface area contributed by atoms with E-state index in [0.717, 1.165) is 0 Å². The topological polar surface area (TPSA) is 71.1 Å². The first kappa shape index (κ1) is 6.80. The summed E-state index contributed by atoms with van der Waals surface area (Å²) in [5.41, 5.74) is 0. The van der Waals surface area contributed by atoms with Crippen LogP contribution in [-0.2, 0) is 0 Å². The van der Waals surface area contributed by atoms with Crippen LogP contribution in [0, 0.1) is 10.1 Å². The Morgan fingerprint density at radius 3 is 2.25 bits per heavy atom. The van der Waals surface area contributed by atoms with Crippen molar-refractivity contribution in [3.05, 3.63) is 10.1 Å². The van der Waals surface area contributed by atoms with Gasteiger partial charge in [0.1, 0.15) is 0 Å². The zero-order valence-corrected chi connectivity index (χ0v) is 4.61. The van der Waals surface area contributed by atoms with Gasteiger partial charge in [0.2, 0.25) is 5.22 Å². The van der Waals surface area contributed by atoms with Crippen LogP contribution in [0.2, 0.25) is 0 Å². The molecular weight excluding hydrogens is 112 g/mol. The summed E-state index contributed by atoms with van der Waals surface area (Å²) in [6, 6.07) is 0. The maximum absolute atomic E-state index is 9.42. The van der Waals surface area contributed by atoms with E-state index in [1.807, 2.05) is 0 Å². The van der Waals surface area contributed by atoms with Gasteiger partial charge in [-0.15, -0.1) is 0 Å². The van der Waals surface area contributed by atoms with Crippen LogP contribution < -0.4 is 0 Å². The summed E-state index contributed by atoms with van der Waals surface area (Å²) in [4.78, 5) is 9.42. The minimum atomic E-state index is -0.861. The van der Waals surface area contributed by atoms with Crippen LogP contribution in [0.3, 0.4) is 0 Å². The molecule has 0 saturated heterocycles. The van der Waals surface area contributed by atoms with Gasteiger partial charge in [-0.05, 0) is 0 Å². The molecule has 0 fully saturated rings. The molecule has 6 heteroatoms. The molecule has 0 aliphatic carbocycles. The molecule has 0 aromatic rings. The lowest BCUT2D eigenvalue weighted by molar-refractivity contribution is -0.496. The summed E-state index contributed by atoms with van der Waals surface area (Å²) < 4.78 is 0. The molecule has 46 valence electrons. The van der Waals surface area contributed by atoms with Gasteiger partial charge in [-0.1, -0.05) is 0 Å². The monoisotopic (exact) mass is 118 g/mol. The standard InChI is InChI=1S/C2H6N4O2/c1-5(2)3-4-6(7)8/h1-2H3/b4-3+. The highest BCUT2D eigenvalue weighted by molar-refractivity contribution is 4.12. The molecule has 6 nitrogen and oxygen atoms in total. The Morgan fingerprint density at radius 2 is 2.12 bits per heavy atom. The molecule has 0 atom stereocenters. The Hall–Kier alpha value is -1.20. The predicted molar refractivity (Wildman–Crippen MR) is 25.5 cm³/mol. The molecule has 0 heterocycles. The van der Waals surface area contributed by atoms with Gasteiger partial charge >= 0.3 is 0 Å². The average molecular weight is 118 g/mol. The molecule has 0 aromatic carbocycles. The largest absolute Gasteiger partial charge is 0.337 e. The summed E-state index contributed by atoms with van der Waals surface area (Å²) in [6.07, 6.45) is 0. The van der Waals surface area contributed by atoms with Gasteiger partial charge in [-0.25, -0.2) is 0 Å². The predicted octanol–water partition coefficient (Wildman–Crippen LogP) is 0.107. The molecule has 0 rings (SSSR count). The van der Waals surface area contributed by atoms with Crippen LogP contribution >= 0.6 is 0 Å². The zero-order valence-electron chi connectivity index (χ0n) is 4.61. The van der Waals surface area contributed by atoms with E-state index in [1.165, 1.54) is 5.01 Å². The van der Waals surface area contributed by atoms with E-state index in [9.17, 15) is 10.1 Å². The normalized spacial score (nSPS) is 9.75. The van der Waals surface area contributed by atoms with E-state index in [-0.39, 0.29) is 0 Å². The summed E-state index contributed by atoms with van der Waals surface area (Å²) in [7, 11) is 3.10. The van der Waals surface area contributed by atoms with Crippen LogP contribution in [0.5, 0.6) is 0 Å². The fraction of sp³-hybridized carbons (Fsp3) is 1.00. The number of hydrogen-bond donors (Lipinski definition) is 0. The van der Waals surface area contributed by atoms with E-state index < -0.39 is 5.03 Å². The first-order valence-electron chi connectivity index (χ1n) is 1.86. The molecular formula is C2H6N4O2. The second-order valence-electron chi connectivity index (χ2n) is 1.26. The fourth-order valence-electron chi connectivity index (χ4n) is 0.113. The van der Waals surface area contributed by atoms with E-state index in [0.29, 0.717) is 0 Å². The summed E-state index contributed by atoms with van der Waals surface area (Å²) >= 11 is 0. The number of rotatable bonds is 2. The Bertz CT molecular complexity index is 109. The Labute approximate surface area is 45.9 Å². The van der Waals surface area contributed by atoms with E-state index in [2.05, 4.69) is 10.4 Å². The van der Waals surface area contributed by atoms with Crippen molar-refractivity contribution < 1.29 is 5.03 Å². The summed E-state index contributed by atoms with van der Waals surface area (Å²) in [6.45, 7) is 0. The Morgan fingerprint density at radius 1 is 1.62 bits per heavy atom. The molecule has 0 unspecified atom stereocenters. The van der Waals surface area contributed by atoms with Crippen molar-refractivity contribution >= 4 is 0 Å². The third-order valence-corrected chi connectivity index (χ3v) is 0.292. The fourth-order valence-corrected chi connectivity index (χ4v) is 0.113. The van der Waals surface area contributed by atoms with Gasteiger partial charge in [-0.3, -0.25) is 0 Å². The highest BCUT2D eigenvalue weighted by Crippen LogP contribution is 1.77. The summed E-state index contributed by atoms with van der Waals surface area (Å²) in [5.74, 6) is 0. The third kappa shape index (κ3) is 4.80. The molecule has 0 aliphatic rings. The molecule has 0 bridgehead atoms. The lowest BCUT2D eigenvalue weighted by atomic mass is 11.2. The van der Waals surface area contributed by atoms with Crippen molar-refractivity contribution in [1.29, 1.82) is 0 Å². The highest BCUT2D eigenvalue weighted by Gasteiger charge is 1.88. The molecule has 0 N–H and O–H groups in total. The van der Waals surface area contributed by atoms with Crippen LogP contribution in [0.4, 0.5) is 0 Å². The van der Waals surface area contributed by atoms with E-state index in [4.69, 9.17) is 0 Å². The lowest BCUT2D eigenvalue weighted by Crippen LogP contribution is -2.00. The molecule has 8 heavy (non-hydrogen) atoms. The minimum absolute atomic E-state index is 0.861. The van der Waals surface area contributed by atoms with Crippen molar-refractivity contribution in [2.75, 3.05) is 14.1 Å². The van der Waals surface area contributed by atoms with Crippen molar-refractivity contribution in [1.82, 2.24) is 5.01 Å². The number of hydrogen-bond acceptors (Lipinski definition) is 3. The number of nitro groups is 1. The zero-order chi connectivity index (χ0) is 6.57. The van der Waals surface area contributed by atoms with Gasteiger partial charge in [-0.2, -0.15) is 5.01 Å². The van der Waals surface area contributed by atoms with Crippen LogP contribution in [0.25, 0.3) is 0 Å². The first-order chi connectivity index (χ1) is 3.63. The van der Waals surface area contributed by atoms with Gasteiger partial charge in [0.15, 0.2) is 5.22 Å². The van der Waals surface area contributed by atoms with Gasteiger partial charge < -0.3 is 10.1 Å². The SMILES string of the molecule is CN(C)/N=N/[N+](=O)[O-]. The lowest BCUT2D eigenvalue weighted by Gasteiger charge is -1.87. The van der Waals surface area contributed by atoms with Crippen molar-refractivity contribution in [2.24, 2.45) is 10.4 Å². The van der Waals surface area contributed by atoms with Crippen LogP contribution in [0.1, 0.15) is 0 Å². The second kappa shape index (κ2) is 2.89. The van der Waals surface area contributed by atoms with E-state index in [1.54, 1.807) is 14.1 Å². The maximum Gasteiger partial charge on any atom is 0.207 e. The van der Waals surface area contributed by atoms with Crippen molar-refractivity contribution in [3.8, 4) is 0 Å². The average Bonchev–Trinajstić information content (AvgIpc) is 1.61. The minimum Gasteiger partial charge on any atom is -0.337 e. The molecule has 0 radical (unpaired) electrons. The van der Waals surface area contributed by atoms with E-state index >= 15 is 0 Å². The van der Waals surface area contributed by atoms with Gasteiger partial charge in [0.25, 0.3) is 0 Å². The smallest absolute Gasteiger partial charge is 0.207 e. The van der Waals surface area contributed by atoms with Crippen LogP contribution in [0.15, 0.2) is 10.4 Å². The van der Waals surface area contributed by atoms with Crippen molar-refractivity contribution in [3.63, 3.8) is 0 Å². The van der Waals surface area contributed by atoms with Gasteiger partial charge in [0, 0.05) is 14.1 Å². The molecule has 0 amide bonds. The quantitative estimate of drug-likeness (QED) is 0.293. The number of nitrogens with zero attached hydrogens (tertiary/aromatic N) is 4.